The highest BCUT2D eigenvalue weighted by molar-refractivity contribution is 5.92. The zero-order valence-corrected chi connectivity index (χ0v) is 16.2. The molecule has 3 unspecified atom stereocenters. The van der Waals surface area contributed by atoms with Crippen LogP contribution in [0.1, 0.15) is 34.5 Å². The minimum Gasteiger partial charge on any atom is -0.465 e. The van der Waals surface area contributed by atoms with Gasteiger partial charge in [-0.05, 0) is 24.1 Å². The Morgan fingerprint density at radius 1 is 1.32 bits per heavy atom. The van der Waals surface area contributed by atoms with Gasteiger partial charge in [0.25, 0.3) is 0 Å². The molecule has 1 aromatic carbocycles. The van der Waals surface area contributed by atoms with Gasteiger partial charge in [-0.25, -0.2) is 9.59 Å². The molecule has 28 heavy (non-hydrogen) atoms. The van der Waals surface area contributed by atoms with E-state index in [1.807, 2.05) is 25.1 Å². The summed E-state index contributed by atoms with van der Waals surface area (Å²) in [7, 11) is 0. The zero-order valence-electron chi connectivity index (χ0n) is 16.2. The molecule has 0 radical (unpaired) electrons. The van der Waals surface area contributed by atoms with Gasteiger partial charge in [-0.3, -0.25) is 9.80 Å². The molecule has 7 heteroatoms. The van der Waals surface area contributed by atoms with Gasteiger partial charge in [-0.2, -0.15) is 0 Å². The van der Waals surface area contributed by atoms with Crippen molar-refractivity contribution in [1.29, 1.82) is 0 Å². The highest BCUT2D eigenvalue weighted by atomic mass is 16.5. The van der Waals surface area contributed by atoms with Gasteiger partial charge in [0.1, 0.15) is 6.10 Å². The molecule has 1 N–H and O–H groups in total. The summed E-state index contributed by atoms with van der Waals surface area (Å²) in [5.74, 6) is -0.239. The SMILES string of the molecule is C=CCN1CC2CN(C(=O)O)CCN2CC1c1ccc2c(c1)CC(C)OC2=O. The molecule has 3 heterocycles. The number of hydrogen-bond acceptors (Lipinski definition) is 5. The predicted octanol–water partition coefficient (Wildman–Crippen LogP) is 1.99. The molecule has 3 atom stereocenters. The molecule has 4 rings (SSSR count). The van der Waals surface area contributed by atoms with Crippen LogP contribution in [0.15, 0.2) is 30.9 Å². The molecule has 0 spiro atoms. The third kappa shape index (κ3) is 3.52. The van der Waals surface area contributed by atoms with Crippen molar-refractivity contribution in [3.8, 4) is 0 Å². The standard InChI is InChI=1S/C21H27N3O4/c1-3-6-23-11-17-12-24(21(26)27)8-7-22(17)13-19(23)15-4-5-18-16(10-15)9-14(2)28-20(18)25/h3-5,10,14,17,19H,1,6-9,11-13H2,2H3,(H,26,27). The smallest absolute Gasteiger partial charge is 0.407 e. The largest absolute Gasteiger partial charge is 0.465 e. The third-order valence-electron chi connectivity index (χ3n) is 6.08. The lowest BCUT2D eigenvalue weighted by Crippen LogP contribution is -2.63. The van der Waals surface area contributed by atoms with Crippen LogP contribution in [-0.4, -0.2) is 83.3 Å². The van der Waals surface area contributed by atoms with E-state index in [9.17, 15) is 14.7 Å². The Bertz CT molecular complexity index is 796. The van der Waals surface area contributed by atoms with Gasteiger partial charge < -0.3 is 14.7 Å². The van der Waals surface area contributed by atoms with Crippen LogP contribution in [0.5, 0.6) is 0 Å². The van der Waals surface area contributed by atoms with E-state index in [4.69, 9.17) is 4.74 Å². The Morgan fingerprint density at radius 2 is 2.14 bits per heavy atom. The number of rotatable bonds is 3. The number of hydrogen-bond donors (Lipinski definition) is 1. The van der Waals surface area contributed by atoms with E-state index in [2.05, 4.69) is 22.4 Å². The van der Waals surface area contributed by atoms with Crippen LogP contribution >= 0.6 is 0 Å². The fourth-order valence-corrected chi connectivity index (χ4v) is 4.69. The van der Waals surface area contributed by atoms with Gasteiger partial charge in [0, 0.05) is 57.8 Å². The lowest BCUT2D eigenvalue weighted by atomic mass is 9.91. The molecule has 0 aromatic heterocycles. The first kappa shape index (κ1) is 19.0. The van der Waals surface area contributed by atoms with E-state index in [0.29, 0.717) is 18.7 Å². The van der Waals surface area contributed by atoms with Gasteiger partial charge in [0.05, 0.1) is 5.56 Å². The fourth-order valence-electron chi connectivity index (χ4n) is 4.69. The van der Waals surface area contributed by atoms with Crippen LogP contribution in [0.3, 0.4) is 0 Å². The summed E-state index contributed by atoms with van der Waals surface area (Å²) in [6.45, 7) is 10.1. The van der Waals surface area contributed by atoms with Gasteiger partial charge in [-0.15, -0.1) is 6.58 Å². The van der Waals surface area contributed by atoms with E-state index in [0.717, 1.165) is 38.2 Å². The first-order valence-corrected chi connectivity index (χ1v) is 9.87. The molecule has 0 saturated carbocycles. The van der Waals surface area contributed by atoms with Crippen molar-refractivity contribution in [2.45, 2.75) is 31.5 Å². The fraction of sp³-hybridized carbons (Fsp3) is 0.524. The number of carboxylic acid groups (broad SMARTS) is 1. The van der Waals surface area contributed by atoms with Crippen molar-refractivity contribution in [3.63, 3.8) is 0 Å². The normalized spacial score (nSPS) is 28.2. The number of ether oxygens (including phenoxy) is 1. The summed E-state index contributed by atoms with van der Waals surface area (Å²) in [5, 5.41) is 9.32. The highest BCUT2D eigenvalue weighted by Crippen LogP contribution is 2.32. The molecule has 7 nitrogen and oxygen atoms in total. The summed E-state index contributed by atoms with van der Waals surface area (Å²) >= 11 is 0. The second-order valence-corrected chi connectivity index (χ2v) is 7.97. The Hall–Kier alpha value is -2.38. The first-order chi connectivity index (χ1) is 13.5. The van der Waals surface area contributed by atoms with Gasteiger partial charge in [0.15, 0.2) is 0 Å². The molecule has 2 fully saturated rings. The molecule has 3 aliphatic heterocycles. The topological polar surface area (TPSA) is 73.3 Å². The van der Waals surface area contributed by atoms with Gasteiger partial charge in [-0.1, -0.05) is 18.2 Å². The summed E-state index contributed by atoms with van der Waals surface area (Å²) < 4.78 is 5.33. The molecule has 1 amide bonds. The molecule has 3 aliphatic rings. The first-order valence-electron chi connectivity index (χ1n) is 9.87. The average Bonchev–Trinajstić information content (AvgIpc) is 2.66. The Labute approximate surface area is 165 Å². The number of esters is 1. The number of carbonyl (C=O) groups excluding carboxylic acids is 1. The number of fused-ring (bicyclic) bond motifs is 2. The monoisotopic (exact) mass is 385 g/mol. The maximum Gasteiger partial charge on any atom is 0.407 e. The summed E-state index contributed by atoms with van der Waals surface area (Å²) in [4.78, 5) is 29.8. The molecule has 0 aliphatic carbocycles. The number of amides is 1. The molecule has 1 aromatic rings. The minimum absolute atomic E-state index is 0.0978. The van der Waals surface area contributed by atoms with Crippen molar-refractivity contribution in [2.75, 3.05) is 39.3 Å². The van der Waals surface area contributed by atoms with Crippen LogP contribution in [-0.2, 0) is 11.2 Å². The van der Waals surface area contributed by atoms with E-state index < -0.39 is 6.09 Å². The number of benzene rings is 1. The van der Waals surface area contributed by atoms with Gasteiger partial charge in [0.2, 0.25) is 0 Å². The quantitative estimate of drug-likeness (QED) is 0.634. The van der Waals surface area contributed by atoms with Crippen molar-refractivity contribution in [2.24, 2.45) is 0 Å². The number of carbonyl (C=O) groups is 2. The third-order valence-corrected chi connectivity index (χ3v) is 6.08. The molecule has 2 saturated heterocycles. The summed E-state index contributed by atoms with van der Waals surface area (Å²) in [5.41, 5.74) is 2.92. The van der Waals surface area contributed by atoms with Crippen LogP contribution in [0.25, 0.3) is 0 Å². The minimum atomic E-state index is -0.840. The van der Waals surface area contributed by atoms with Crippen LogP contribution in [0, 0.1) is 0 Å². The second kappa shape index (κ2) is 7.56. The average molecular weight is 385 g/mol. The van der Waals surface area contributed by atoms with Crippen molar-refractivity contribution >= 4 is 12.1 Å². The number of piperazine rings is 2. The Morgan fingerprint density at radius 3 is 2.89 bits per heavy atom. The predicted molar refractivity (Wildman–Crippen MR) is 104 cm³/mol. The van der Waals surface area contributed by atoms with E-state index in [1.165, 1.54) is 10.5 Å². The summed E-state index contributed by atoms with van der Waals surface area (Å²) in [6, 6.07) is 6.48. The Kier molecular flexibility index (Phi) is 5.12. The molecule has 150 valence electrons. The zero-order chi connectivity index (χ0) is 19.8. The molecule has 0 bridgehead atoms. The maximum absolute atomic E-state index is 12.1. The van der Waals surface area contributed by atoms with E-state index >= 15 is 0 Å². The summed E-state index contributed by atoms with van der Waals surface area (Å²) in [6.07, 6.45) is 1.70. The van der Waals surface area contributed by atoms with Crippen molar-refractivity contribution in [1.82, 2.24) is 14.7 Å². The number of cyclic esters (lactones) is 1. The van der Waals surface area contributed by atoms with Crippen molar-refractivity contribution < 1.29 is 19.4 Å². The molecular formula is C21H27N3O4. The van der Waals surface area contributed by atoms with Crippen LogP contribution in [0.2, 0.25) is 0 Å². The lowest BCUT2D eigenvalue weighted by molar-refractivity contribution is -0.0102. The van der Waals surface area contributed by atoms with Crippen LogP contribution in [0.4, 0.5) is 4.79 Å². The Balaban J connectivity index is 1.58. The lowest BCUT2D eigenvalue weighted by Gasteiger charge is -2.50. The maximum atomic E-state index is 12.1. The second-order valence-electron chi connectivity index (χ2n) is 7.97. The molecular weight excluding hydrogens is 358 g/mol. The number of nitrogens with zero attached hydrogens (tertiary/aromatic N) is 3. The van der Waals surface area contributed by atoms with E-state index in [1.54, 1.807) is 0 Å². The van der Waals surface area contributed by atoms with E-state index in [-0.39, 0.29) is 24.2 Å². The van der Waals surface area contributed by atoms with Gasteiger partial charge >= 0.3 is 12.1 Å². The van der Waals surface area contributed by atoms with Crippen LogP contribution < -0.4 is 0 Å². The van der Waals surface area contributed by atoms with Crippen molar-refractivity contribution in [3.05, 3.63) is 47.5 Å². The highest BCUT2D eigenvalue weighted by Gasteiger charge is 2.38.